The number of carbonyl (C=O) groups is 1. The van der Waals surface area contributed by atoms with E-state index in [1.165, 1.54) is 11.1 Å². The first-order valence-electron chi connectivity index (χ1n) is 7.30. The smallest absolute Gasteiger partial charge is 0.254 e. The number of ether oxygens (including phenoxy) is 1. The maximum atomic E-state index is 12.4. The lowest BCUT2D eigenvalue weighted by molar-refractivity contribution is -0.0549. The van der Waals surface area contributed by atoms with Gasteiger partial charge in [-0.05, 0) is 30.0 Å². The van der Waals surface area contributed by atoms with Gasteiger partial charge in [0, 0.05) is 12.1 Å². The fraction of sp³-hybridized carbons (Fsp3) is 0.562. The largest absolute Gasteiger partial charge is 0.377 e. The van der Waals surface area contributed by atoms with E-state index in [1.54, 1.807) is 0 Å². The SMILES string of the molecule is CC.CCc1ccc2c(c1)C(=O)N(C1COC1)CC2. The van der Waals surface area contributed by atoms with Crippen molar-refractivity contribution in [3.63, 3.8) is 0 Å². The Balaban J connectivity index is 0.000000637. The van der Waals surface area contributed by atoms with Crippen LogP contribution in [0.3, 0.4) is 0 Å². The van der Waals surface area contributed by atoms with Gasteiger partial charge in [-0.15, -0.1) is 0 Å². The topological polar surface area (TPSA) is 29.5 Å². The highest BCUT2D eigenvalue weighted by Crippen LogP contribution is 2.24. The van der Waals surface area contributed by atoms with Crippen LogP contribution in [0.4, 0.5) is 0 Å². The van der Waals surface area contributed by atoms with Crippen LogP contribution in [0.5, 0.6) is 0 Å². The minimum Gasteiger partial charge on any atom is -0.377 e. The molecule has 0 saturated carbocycles. The van der Waals surface area contributed by atoms with Gasteiger partial charge in [0.2, 0.25) is 0 Å². The highest BCUT2D eigenvalue weighted by Gasteiger charge is 2.33. The Bertz CT molecular complexity index is 452. The molecule has 0 bridgehead atoms. The van der Waals surface area contributed by atoms with Crippen molar-refractivity contribution in [1.82, 2.24) is 4.90 Å². The van der Waals surface area contributed by atoms with Crippen LogP contribution in [0.25, 0.3) is 0 Å². The summed E-state index contributed by atoms with van der Waals surface area (Å²) in [5.74, 6) is 0.190. The monoisotopic (exact) mass is 261 g/mol. The van der Waals surface area contributed by atoms with Crippen LogP contribution in [0.2, 0.25) is 0 Å². The summed E-state index contributed by atoms with van der Waals surface area (Å²) in [6.07, 6.45) is 1.95. The third-order valence-corrected chi connectivity index (χ3v) is 3.76. The van der Waals surface area contributed by atoms with Crippen molar-refractivity contribution in [2.24, 2.45) is 0 Å². The van der Waals surface area contributed by atoms with E-state index in [0.717, 1.165) is 24.9 Å². The molecule has 104 valence electrons. The molecule has 0 atom stereocenters. The van der Waals surface area contributed by atoms with Crippen LogP contribution >= 0.6 is 0 Å². The Labute approximate surface area is 115 Å². The fourth-order valence-electron chi connectivity index (χ4n) is 2.51. The zero-order chi connectivity index (χ0) is 13.8. The summed E-state index contributed by atoms with van der Waals surface area (Å²) in [4.78, 5) is 14.4. The molecule has 1 fully saturated rings. The lowest BCUT2D eigenvalue weighted by Gasteiger charge is -2.40. The highest BCUT2D eigenvalue weighted by atomic mass is 16.5. The first kappa shape index (κ1) is 14.1. The first-order chi connectivity index (χ1) is 9.29. The number of aryl methyl sites for hydroxylation is 1. The van der Waals surface area contributed by atoms with Crippen LogP contribution in [0, 0.1) is 0 Å². The third kappa shape index (κ3) is 2.66. The Hall–Kier alpha value is -1.35. The molecule has 2 aliphatic rings. The molecule has 0 N–H and O–H groups in total. The number of hydrogen-bond donors (Lipinski definition) is 0. The van der Waals surface area contributed by atoms with Gasteiger partial charge >= 0.3 is 0 Å². The minimum atomic E-state index is 0.190. The molecular formula is C16H23NO2. The number of fused-ring (bicyclic) bond motifs is 1. The zero-order valence-corrected chi connectivity index (χ0v) is 12.1. The minimum absolute atomic E-state index is 0.190. The first-order valence-corrected chi connectivity index (χ1v) is 7.30. The average Bonchev–Trinajstić information content (AvgIpc) is 2.42. The van der Waals surface area contributed by atoms with Gasteiger partial charge < -0.3 is 9.64 Å². The van der Waals surface area contributed by atoms with Crippen molar-refractivity contribution in [2.45, 2.75) is 39.7 Å². The second-order valence-corrected chi connectivity index (χ2v) is 4.78. The van der Waals surface area contributed by atoms with E-state index >= 15 is 0 Å². The normalized spacial score (nSPS) is 18.3. The zero-order valence-electron chi connectivity index (χ0n) is 12.1. The standard InChI is InChI=1S/C14H17NO2.C2H6/c1-2-10-3-4-11-5-6-15(12-8-17-9-12)14(16)13(11)7-10;1-2/h3-4,7,12H,2,5-6,8-9H2,1H3;1-2H3. The van der Waals surface area contributed by atoms with Gasteiger partial charge in [-0.3, -0.25) is 4.79 Å². The van der Waals surface area contributed by atoms with Gasteiger partial charge in [-0.2, -0.15) is 0 Å². The van der Waals surface area contributed by atoms with E-state index in [-0.39, 0.29) is 5.91 Å². The van der Waals surface area contributed by atoms with E-state index < -0.39 is 0 Å². The van der Waals surface area contributed by atoms with Crippen molar-refractivity contribution < 1.29 is 9.53 Å². The Morgan fingerprint density at radius 1 is 1.32 bits per heavy atom. The Morgan fingerprint density at radius 2 is 2.05 bits per heavy atom. The third-order valence-electron chi connectivity index (χ3n) is 3.76. The van der Waals surface area contributed by atoms with E-state index in [9.17, 15) is 4.79 Å². The summed E-state index contributed by atoms with van der Waals surface area (Å²) in [6.45, 7) is 8.36. The molecule has 0 aliphatic carbocycles. The number of carbonyl (C=O) groups excluding carboxylic acids is 1. The van der Waals surface area contributed by atoms with Crippen LogP contribution in [0.15, 0.2) is 18.2 Å². The molecule has 3 rings (SSSR count). The van der Waals surface area contributed by atoms with Gasteiger partial charge in [0.15, 0.2) is 0 Å². The van der Waals surface area contributed by atoms with Crippen LogP contribution < -0.4 is 0 Å². The highest BCUT2D eigenvalue weighted by molar-refractivity contribution is 5.97. The molecule has 1 saturated heterocycles. The molecule has 0 aromatic heterocycles. The molecule has 1 aromatic carbocycles. The van der Waals surface area contributed by atoms with Crippen molar-refractivity contribution in [1.29, 1.82) is 0 Å². The fourth-order valence-corrected chi connectivity index (χ4v) is 2.51. The summed E-state index contributed by atoms with van der Waals surface area (Å²) in [5.41, 5.74) is 3.34. The summed E-state index contributed by atoms with van der Waals surface area (Å²) in [5, 5.41) is 0. The molecule has 3 heteroatoms. The van der Waals surface area contributed by atoms with Gasteiger partial charge in [-0.25, -0.2) is 0 Å². The summed E-state index contributed by atoms with van der Waals surface area (Å²) >= 11 is 0. The predicted octanol–water partition coefficient (Wildman–Crippen LogP) is 2.67. The van der Waals surface area contributed by atoms with Gasteiger partial charge in [-0.1, -0.05) is 32.9 Å². The number of amides is 1. The maximum Gasteiger partial charge on any atom is 0.254 e. The molecule has 2 aliphatic heterocycles. The molecular weight excluding hydrogens is 238 g/mol. The van der Waals surface area contributed by atoms with E-state index in [1.807, 2.05) is 18.7 Å². The predicted molar refractivity (Wildman–Crippen MR) is 76.5 cm³/mol. The van der Waals surface area contributed by atoms with E-state index in [2.05, 4.69) is 25.1 Å². The number of nitrogens with zero attached hydrogens (tertiary/aromatic N) is 1. The van der Waals surface area contributed by atoms with Crippen LogP contribution in [-0.4, -0.2) is 36.6 Å². The van der Waals surface area contributed by atoms with Crippen molar-refractivity contribution in [2.75, 3.05) is 19.8 Å². The summed E-state index contributed by atoms with van der Waals surface area (Å²) in [7, 11) is 0. The van der Waals surface area contributed by atoms with Gasteiger partial charge in [0.1, 0.15) is 0 Å². The molecule has 0 unspecified atom stereocenters. The summed E-state index contributed by atoms with van der Waals surface area (Å²) in [6, 6.07) is 6.61. The number of rotatable bonds is 2. The quantitative estimate of drug-likeness (QED) is 0.819. The molecule has 1 amide bonds. The van der Waals surface area contributed by atoms with Crippen molar-refractivity contribution >= 4 is 5.91 Å². The molecule has 19 heavy (non-hydrogen) atoms. The van der Waals surface area contributed by atoms with Gasteiger partial charge in [0.25, 0.3) is 5.91 Å². The summed E-state index contributed by atoms with van der Waals surface area (Å²) < 4.78 is 5.18. The second-order valence-electron chi connectivity index (χ2n) is 4.78. The molecule has 2 heterocycles. The molecule has 1 aromatic rings. The lowest BCUT2D eigenvalue weighted by atomic mass is 9.94. The van der Waals surface area contributed by atoms with Crippen molar-refractivity contribution in [3.05, 3.63) is 34.9 Å². The van der Waals surface area contributed by atoms with E-state index in [4.69, 9.17) is 4.74 Å². The second kappa shape index (κ2) is 6.20. The van der Waals surface area contributed by atoms with Gasteiger partial charge in [0.05, 0.1) is 19.3 Å². The molecule has 3 nitrogen and oxygen atoms in total. The maximum absolute atomic E-state index is 12.4. The number of hydrogen-bond acceptors (Lipinski definition) is 2. The Morgan fingerprint density at radius 3 is 2.63 bits per heavy atom. The lowest BCUT2D eigenvalue weighted by Crippen LogP contribution is -2.54. The average molecular weight is 261 g/mol. The molecule has 0 radical (unpaired) electrons. The van der Waals surface area contributed by atoms with E-state index in [0.29, 0.717) is 19.3 Å². The molecule has 0 spiro atoms. The van der Waals surface area contributed by atoms with Crippen molar-refractivity contribution in [3.8, 4) is 0 Å². The Kier molecular flexibility index (Phi) is 4.59. The van der Waals surface area contributed by atoms with Crippen LogP contribution in [-0.2, 0) is 17.6 Å². The van der Waals surface area contributed by atoms with Crippen LogP contribution in [0.1, 0.15) is 42.3 Å². The number of benzene rings is 1.